The number of hydrogen-bond acceptors (Lipinski definition) is 5. The van der Waals surface area contributed by atoms with Gasteiger partial charge in [-0.3, -0.25) is 0 Å². The zero-order chi connectivity index (χ0) is 17.6. The number of carbonyl (C=O) groups is 2. The maximum absolute atomic E-state index is 11.8. The number of benzene rings is 1. The molecule has 0 aliphatic heterocycles. The highest BCUT2D eigenvalue weighted by Gasteiger charge is 2.20. The highest BCUT2D eigenvalue weighted by Crippen LogP contribution is 2.31. The first-order chi connectivity index (χ1) is 10.7. The minimum absolute atomic E-state index is 0.00395. The highest BCUT2D eigenvalue weighted by atomic mass is 16.6. The van der Waals surface area contributed by atoms with Crippen molar-refractivity contribution in [2.24, 2.45) is 0 Å². The number of rotatable bonds is 6. The van der Waals surface area contributed by atoms with E-state index in [1.54, 1.807) is 40.0 Å². The Labute approximate surface area is 135 Å². The number of para-hydroxylation sites is 1. The number of aromatic carboxylic acids is 1. The van der Waals surface area contributed by atoms with Crippen molar-refractivity contribution in [3.05, 3.63) is 23.8 Å². The Hall–Kier alpha value is -2.44. The standard InChI is InChI=1S/C16H23NO6/c1-16(2,3)23-15(20)17(4)9-10-22-13-11(14(18)19)7-6-8-12(13)21-5/h6-8H,9-10H2,1-5H3,(H,18,19). The largest absolute Gasteiger partial charge is 0.493 e. The van der Waals surface area contributed by atoms with Gasteiger partial charge in [0.05, 0.1) is 13.7 Å². The molecule has 0 atom stereocenters. The van der Waals surface area contributed by atoms with Gasteiger partial charge in [-0.1, -0.05) is 6.07 Å². The van der Waals surface area contributed by atoms with Crippen LogP contribution in [0.15, 0.2) is 18.2 Å². The van der Waals surface area contributed by atoms with E-state index in [-0.39, 0.29) is 24.5 Å². The van der Waals surface area contributed by atoms with Crippen LogP contribution in [0.3, 0.4) is 0 Å². The summed E-state index contributed by atoms with van der Waals surface area (Å²) >= 11 is 0. The van der Waals surface area contributed by atoms with Gasteiger partial charge in [-0.15, -0.1) is 0 Å². The topological polar surface area (TPSA) is 85.3 Å². The van der Waals surface area contributed by atoms with E-state index in [0.717, 1.165) is 0 Å². The quantitative estimate of drug-likeness (QED) is 0.865. The number of likely N-dealkylation sites (N-methyl/N-ethyl adjacent to an activating group) is 1. The number of carboxylic acid groups (broad SMARTS) is 1. The molecule has 7 heteroatoms. The molecule has 0 spiro atoms. The average Bonchev–Trinajstić information content (AvgIpc) is 2.45. The van der Waals surface area contributed by atoms with Crippen LogP contribution in [0.2, 0.25) is 0 Å². The second kappa shape index (κ2) is 7.71. The number of nitrogens with zero attached hydrogens (tertiary/aromatic N) is 1. The number of carbonyl (C=O) groups excluding carboxylic acids is 1. The average molecular weight is 325 g/mol. The first-order valence-electron chi connectivity index (χ1n) is 7.13. The summed E-state index contributed by atoms with van der Waals surface area (Å²) in [7, 11) is 3.01. The summed E-state index contributed by atoms with van der Waals surface area (Å²) < 4.78 is 15.9. The minimum Gasteiger partial charge on any atom is -0.493 e. The molecule has 0 aromatic heterocycles. The summed E-state index contributed by atoms with van der Waals surface area (Å²) in [5.74, 6) is -0.649. The lowest BCUT2D eigenvalue weighted by Gasteiger charge is -2.24. The smallest absolute Gasteiger partial charge is 0.410 e. The van der Waals surface area contributed by atoms with Crippen LogP contribution < -0.4 is 9.47 Å². The van der Waals surface area contributed by atoms with Gasteiger partial charge >= 0.3 is 12.1 Å². The maximum atomic E-state index is 11.8. The number of ether oxygens (including phenoxy) is 3. The van der Waals surface area contributed by atoms with Crippen LogP contribution >= 0.6 is 0 Å². The zero-order valence-corrected chi connectivity index (χ0v) is 14.1. The summed E-state index contributed by atoms with van der Waals surface area (Å²) in [5, 5.41) is 9.19. The van der Waals surface area contributed by atoms with Crippen LogP contribution in [0.25, 0.3) is 0 Å². The predicted molar refractivity (Wildman–Crippen MR) is 84.3 cm³/mol. The van der Waals surface area contributed by atoms with Gasteiger partial charge in [0.15, 0.2) is 11.5 Å². The molecule has 1 aromatic carbocycles. The van der Waals surface area contributed by atoms with Crippen LogP contribution in [0.1, 0.15) is 31.1 Å². The highest BCUT2D eigenvalue weighted by molar-refractivity contribution is 5.92. The lowest BCUT2D eigenvalue weighted by atomic mass is 10.2. The molecule has 0 radical (unpaired) electrons. The van der Waals surface area contributed by atoms with E-state index in [4.69, 9.17) is 14.2 Å². The number of hydrogen-bond donors (Lipinski definition) is 1. The van der Waals surface area contributed by atoms with E-state index in [2.05, 4.69) is 0 Å². The molecule has 0 heterocycles. The van der Waals surface area contributed by atoms with Crippen molar-refractivity contribution in [3.63, 3.8) is 0 Å². The Balaban J connectivity index is 2.69. The first kappa shape index (κ1) is 18.6. The van der Waals surface area contributed by atoms with Crippen molar-refractivity contribution in [1.82, 2.24) is 4.90 Å². The Kier molecular flexibility index (Phi) is 6.24. The second-order valence-corrected chi connectivity index (χ2v) is 5.89. The minimum atomic E-state index is -1.11. The van der Waals surface area contributed by atoms with E-state index in [1.807, 2.05) is 0 Å². The van der Waals surface area contributed by atoms with Gasteiger partial charge in [-0.05, 0) is 32.9 Å². The SMILES string of the molecule is COc1cccc(C(=O)O)c1OCCN(C)C(=O)OC(C)(C)C. The van der Waals surface area contributed by atoms with Crippen molar-refractivity contribution in [1.29, 1.82) is 0 Å². The molecule has 0 unspecified atom stereocenters. The van der Waals surface area contributed by atoms with Gasteiger partial charge in [0.2, 0.25) is 0 Å². The van der Waals surface area contributed by atoms with Crippen molar-refractivity contribution in [3.8, 4) is 11.5 Å². The maximum Gasteiger partial charge on any atom is 0.410 e. The molecule has 128 valence electrons. The fraction of sp³-hybridized carbons (Fsp3) is 0.500. The normalized spacial score (nSPS) is 10.8. The van der Waals surface area contributed by atoms with E-state index < -0.39 is 17.7 Å². The monoisotopic (exact) mass is 325 g/mol. The van der Waals surface area contributed by atoms with Gasteiger partial charge in [0.25, 0.3) is 0 Å². The third kappa shape index (κ3) is 5.69. The second-order valence-electron chi connectivity index (χ2n) is 5.89. The van der Waals surface area contributed by atoms with Gasteiger partial charge in [-0.25, -0.2) is 9.59 Å². The van der Waals surface area contributed by atoms with Gasteiger partial charge in [-0.2, -0.15) is 0 Å². The molecule has 23 heavy (non-hydrogen) atoms. The van der Waals surface area contributed by atoms with E-state index in [1.165, 1.54) is 18.1 Å². The Morgan fingerprint density at radius 2 is 1.91 bits per heavy atom. The molecule has 7 nitrogen and oxygen atoms in total. The van der Waals surface area contributed by atoms with Gasteiger partial charge in [0, 0.05) is 7.05 Å². The van der Waals surface area contributed by atoms with Crippen LogP contribution in [-0.2, 0) is 4.74 Å². The fourth-order valence-electron chi connectivity index (χ4n) is 1.71. The van der Waals surface area contributed by atoms with Crippen molar-refractivity contribution < 1.29 is 28.9 Å². The lowest BCUT2D eigenvalue weighted by molar-refractivity contribution is 0.0276. The molecule has 0 saturated heterocycles. The Bertz CT molecular complexity index is 564. The number of amides is 1. The van der Waals surface area contributed by atoms with Crippen molar-refractivity contribution in [2.45, 2.75) is 26.4 Å². The molecule has 1 rings (SSSR count). The molecule has 1 amide bonds. The Morgan fingerprint density at radius 1 is 1.26 bits per heavy atom. The lowest BCUT2D eigenvalue weighted by Crippen LogP contribution is -2.36. The van der Waals surface area contributed by atoms with Gasteiger partial charge in [0.1, 0.15) is 17.8 Å². The molecule has 0 aliphatic rings. The number of carboxylic acids is 1. The third-order valence-electron chi connectivity index (χ3n) is 2.81. The fourth-order valence-corrected chi connectivity index (χ4v) is 1.71. The number of methoxy groups -OCH3 is 1. The van der Waals surface area contributed by atoms with Crippen LogP contribution in [0, 0.1) is 0 Å². The summed E-state index contributed by atoms with van der Waals surface area (Å²) in [6, 6.07) is 4.61. The summed E-state index contributed by atoms with van der Waals surface area (Å²) in [5.41, 5.74) is -0.574. The van der Waals surface area contributed by atoms with Crippen molar-refractivity contribution >= 4 is 12.1 Å². The van der Waals surface area contributed by atoms with E-state index in [0.29, 0.717) is 5.75 Å². The molecule has 0 bridgehead atoms. The molecule has 0 aliphatic carbocycles. The molecular formula is C16H23NO6. The third-order valence-corrected chi connectivity index (χ3v) is 2.81. The summed E-state index contributed by atoms with van der Waals surface area (Å²) in [6.45, 7) is 5.69. The Morgan fingerprint density at radius 3 is 2.43 bits per heavy atom. The van der Waals surface area contributed by atoms with Crippen LogP contribution in [-0.4, -0.2) is 55.0 Å². The molecule has 0 fully saturated rings. The van der Waals surface area contributed by atoms with E-state index in [9.17, 15) is 14.7 Å². The molecule has 1 aromatic rings. The van der Waals surface area contributed by atoms with Crippen molar-refractivity contribution in [2.75, 3.05) is 27.3 Å². The summed E-state index contributed by atoms with van der Waals surface area (Å²) in [4.78, 5) is 24.4. The molecule has 0 saturated carbocycles. The van der Waals surface area contributed by atoms with E-state index >= 15 is 0 Å². The molecule has 1 N–H and O–H groups in total. The summed E-state index contributed by atoms with van der Waals surface area (Å²) in [6.07, 6.45) is -0.473. The zero-order valence-electron chi connectivity index (χ0n) is 14.1. The molecular weight excluding hydrogens is 302 g/mol. The van der Waals surface area contributed by atoms with Crippen LogP contribution in [0.4, 0.5) is 4.79 Å². The first-order valence-corrected chi connectivity index (χ1v) is 7.13. The predicted octanol–water partition coefficient (Wildman–Crippen LogP) is 2.64. The van der Waals surface area contributed by atoms with Crippen LogP contribution in [0.5, 0.6) is 11.5 Å². The van der Waals surface area contributed by atoms with Gasteiger partial charge < -0.3 is 24.2 Å².